The van der Waals surface area contributed by atoms with E-state index in [1.165, 1.54) is 11.3 Å². The van der Waals surface area contributed by atoms with Gasteiger partial charge in [0, 0.05) is 11.4 Å². The summed E-state index contributed by atoms with van der Waals surface area (Å²) in [4.78, 5) is 23.8. The molecule has 6 heteroatoms. The maximum atomic E-state index is 11.9. The van der Waals surface area contributed by atoms with Crippen LogP contribution in [0.25, 0.3) is 0 Å². The molecule has 1 heterocycles. The van der Waals surface area contributed by atoms with Crippen molar-refractivity contribution in [2.45, 2.75) is 33.7 Å². The number of hydrogen-bond donors (Lipinski definition) is 3. The zero-order chi connectivity index (χ0) is 16.0. The summed E-state index contributed by atoms with van der Waals surface area (Å²) in [6, 6.07) is 2.03. The van der Waals surface area contributed by atoms with Crippen molar-refractivity contribution in [2.24, 2.45) is 17.8 Å². The number of nitrogens with one attached hydrogen (secondary N) is 2. The highest BCUT2D eigenvalue weighted by atomic mass is 32.1. The Morgan fingerprint density at radius 3 is 2.29 bits per heavy atom. The van der Waals surface area contributed by atoms with Gasteiger partial charge in [-0.05, 0) is 29.2 Å². The molecule has 21 heavy (non-hydrogen) atoms. The van der Waals surface area contributed by atoms with Gasteiger partial charge in [-0.15, -0.1) is 11.3 Å². The van der Waals surface area contributed by atoms with E-state index in [9.17, 15) is 14.7 Å². The van der Waals surface area contributed by atoms with Crippen LogP contribution in [0.2, 0.25) is 0 Å². The molecule has 1 unspecified atom stereocenters. The lowest BCUT2D eigenvalue weighted by Crippen LogP contribution is -2.43. The molecule has 0 saturated heterocycles. The maximum Gasteiger partial charge on any atom is 0.331 e. The highest BCUT2D eigenvalue weighted by Gasteiger charge is 2.24. The van der Waals surface area contributed by atoms with Crippen LogP contribution in [0.1, 0.15) is 38.6 Å². The molecule has 0 fully saturated rings. The molecule has 5 nitrogen and oxygen atoms in total. The van der Waals surface area contributed by atoms with Gasteiger partial charge in [0.25, 0.3) is 0 Å². The maximum absolute atomic E-state index is 11.9. The Morgan fingerprint density at radius 2 is 1.86 bits per heavy atom. The van der Waals surface area contributed by atoms with Crippen LogP contribution in [-0.2, 0) is 4.79 Å². The van der Waals surface area contributed by atoms with Gasteiger partial charge in [0.1, 0.15) is 0 Å². The predicted octanol–water partition coefficient (Wildman–Crippen LogP) is 3.10. The molecule has 1 rings (SSSR count). The van der Waals surface area contributed by atoms with Gasteiger partial charge >= 0.3 is 12.0 Å². The van der Waals surface area contributed by atoms with E-state index in [0.29, 0.717) is 29.2 Å². The fraction of sp³-hybridized carbons (Fsp3) is 0.600. The number of thiophene rings is 1. The minimum absolute atomic E-state index is 0.362. The van der Waals surface area contributed by atoms with Crippen LogP contribution in [0, 0.1) is 17.8 Å². The van der Waals surface area contributed by atoms with Crippen LogP contribution in [0.15, 0.2) is 17.5 Å². The minimum atomic E-state index is -1.06. The molecule has 0 aliphatic rings. The predicted molar refractivity (Wildman–Crippen MR) is 84.4 cm³/mol. The molecule has 0 radical (unpaired) electrons. The first-order valence-corrected chi connectivity index (χ1v) is 8.01. The molecule has 0 spiro atoms. The molecule has 118 valence electrons. The monoisotopic (exact) mass is 312 g/mol. The molecule has 1 aromatic heterocycles. The van der Waals surface area contributed by atoms with Crippen LogP contribution in [0.3, 0.4) is 0 Å². The summed E-state index contributed by atoms with van der Waals surface area (Å²) in [5.74, 6) is 0.216. The number of carbonyl (C=O) groups is 2. The van der Waals surface area contributed by atoms with E-state index < -0.39 is 18.0 Å². The van der Waals surface area contributed by atoms with Crippen molar-refractivity contribution >= 4 is 23.3 Å². The van der Waals surface area contributed by atoms with E-state index in [1.54, 1.807) is 17.5 Å². The number of carboxylic acids is 1. The second kappa shape index (κ2) is 8.02. The smallest absolute Gasteiger partial charge is 0.331 e. The lowest BCUT2D eigenvalue weighted by Gasteiger charge is -2.25. The molecular weight excluding hydrogens is 288 g/mol. The summed E-state index contributed by atoms with van der Waals surface area (Å²) < 4.78 is 0. The van der Waals surface area contributed by atoms with E-state index in [4.69, 9.17) is 0 Å². The third-order valence-corrected chi connectivity index (χ3v) is 4.50. The summed E-state index contributed by atoms with van der Waals surface area (Å²) >= 11 is 1.31. The second-order valence-corrected chi connectivity index (χ2v) is 6.77. The Balaban J connectivity index is 2.57. The molecule has 0 aliphatic carbocycles. The van der Waals surface area contributed by atoms with Crippen LogP contribution in [0.4, 0.5) is 4.79 Å². The third-order valence-electron chi connectivity index (χ3n) is 3.56. The quantitative estimate of drug-likeness (QED) is 0.724. The second-order valence-electron chi connectivity index (χ2n) is 5.79. The van der Waals surface area contributed by atoms with Crippen LogP contribution >= 0.6 is 11.3 Å². The number of rotatable bonds is 7. The fourth-order valence-electron chi connectivity index (χ4n) is 2.34. The topological polar surface area (TPSA) is 78.4 Å². The molecular formula is C15H24N2O3S. The third kappa shape index (κ3) is 5.38. The zero-order valence-electron chi connectivity index (χ0n) is 12.9. The average molecular weight is 312 g/mol. The van der Waals surface area contributed by atoms with Gasteiger partial charge < -0.3 is 15.7 Å². The number of amides is 2. The number of carboxylic acid groups (broad SMARTS) is 1. The number of carbonyl (C=O) groups excluding carboxylic acids is 1. The van der Waals surface area contributed by atoms with Gasteiger partial charge in [-0.3, -0.25) is 0 Å². The summed E-state index contributed by atoms with van der Waals surface area (Å²) in [5, 5.41) is 16.3. The Morgan fingerprint density at radius 1 is 1.24 bits per heavy atom. The summed E-state index contributed by atoms with van der Waals surface area (Å²) in [7, 11) is 0. The van der Waals surface area contributed by atoms with E-state index in [-0.39, 0.29) is 0 Å². The Labute approximate surface area is 129 Å². The Bertz CT molecular complexity index is 449. The van der Waals surface area contributed by atoms with Crippen molar-refractivity contribution in [1.29, 1.82) is 0 Å². The van der Waals surface area contributed by atoms with Crippen molar-refractivity contribution in [1.82, 2.24) is 10.6 Å². The highest BCUT2D eigenvalue weighted by Crippen LogP contribution is 2.20. The van der Waals surface area contributed by atoms with E-state index in [2.05, 4.69) is 38.3 Å². The lowest BCUT2D eigenvalue weighted by atomic mass is 9.85. The minimum Gasteiger partial charge on any atom is -0.479 e. The first kappa shape index (κ1) is 17.5. The van der Waals surface area contributed by atoms with Crippen molar-refractivity contribution in [3.8, 4) is 0 Å². The molecule has 0 aliphatic heterocycles. The summed E-state index contributed by atoms with van der Waals surface area (Å²) in [5.41, 5.74) is 0. The summed E-state index contributed by atoms with van der Waals surface area (Å²) in [6.07, 6.45) is 0. The average Bonchev–Trinajstić information content (AvgIpc) is 2.88. The van der Waals surface area contributed by atoms with E-state index >= 15 is 0 Å². The molecule has 1 aromatic rings. The van der Waals surface area contributed by atoms with Crippen molar-refractivity contribution in [3.63, 3.8) is 0 Å². The molecule has 1 atom stereocenters. The lowest BCUT2D eigenvalue weighted by molar-refractivity contribution is -0.139. The molecule has 0 bridgehead atoms. The standard InChI is InChI=1S/C15H24N2O3S/c1-9(2)11(10(3)4)8-16-15(20)17-13(14(18)19)12-6-5-7-21-12/h5-7,9-11,13H,8H2,1-4H3,(H,18,19)(H2,16,17,20). The largest absolute Gasteiger partial charge is 0.479 e. The number of hydrogen-bond acceptors (Lipinski definition) is 3. The number of urea groups is 1. The van der Waals surface area contributed by atoms with Crippen molar-refractivity contribution in [3.05, 3.63) is 22.4 Å². The van der Waals surface area contributed by atoms with Gasteiger partial charge in [0.2, 0.25) is 0 Å². The van der Waals surface area contributed by atoms with Gasteiger partial charge in [0.15, 0.2) is 6.04 Å². The van der Waals surface area contributed by atoms with Crippen LogP contribution < -0.4 is 10.6 Å². The van der Waals surface area contributed by atoms with Crippen molar-refractivity contribution < 1.29 is 14.7 Å². The normalized spacial score (nSPS) is 12.7. The Kier molecular flexibility index (Phi) is 6.68. The van der Waals surface area contributed by atoms with Gasteiger partial charge in [-0.1, -0.05) is 33.8 Å². The van der Waals surface area contributed by atoms with E-state index in [1.807, 2.05) is 0 Å². The van der Waals surface area contributed by atoms with Gasteiger partial charge in [0.05, 0.1) is 0 Å². The summed E-state index contributed by atoms with van der Waals surface area (Å²) in [6.45, 7) is 9.02. The molecule has 0 aromatic carbocycles. The first-order valence-electron chi connectivity index (χ1n) is 7.13. The molecule has 0 saturated carbocycles. The molecule has 3 N–H and O–H groups in total. The highest BCUT2D eigenvalue weighted by molar-refractivity contribution is 7.10. The fourth-order valence-corrected chi connectivity index (χ4v) is 3.11. The Hall–Kier alpha value is -1.56. The molecule has 2 amide bonds. The zero-order valence-corrected chi connectivity index (χ0v) is 13.7. The van der Waals surface area contributed by atoms with Gasteiger partial charge in [-0.2, -0.15) is 0 Å². The van der Waals surface area contributed by atoms with Crippen LogP contribution in [-0.4, -0.2) is 23.7 Å². The SMILES string of the molecule is CC(C)C(CNC(=O)NC(C(=O)O)c1cccs1)C(C)C. The number of aliphatic carboxylic acids is 1. The van der Waals surface area contributed by atoms with E-state index in [0.717, 1.165) is 0 Å². The van der Waals surface area contributed by atoms with Crippen molar-refractivity contribution in [2.75, 3.05) is 6.54 Å². The first-order chi connectivity index (χ1) is 9.82. The van der Waals surface area contributed by atoms with Crippen LogP contribution in [0.5, 0.6) is 0 Å². The van der Waals surface area contributed by atoms with Gasteiger partial charge in [-0.25, -0.2) is 9.59 Å².